The summed E-state index contributed by atoms with van der Waals surface area (Å²) >= 11 is 3.11. The highest BCUT2D eigenvalue weighted by atomic mass is 79.9. The van der Waals surface area contributed by atoms with E-state index in [0.29, 0.717) is 16.6 Å². The Labute approximate surface area is 91.3 Å². The van der Waals surface area contributed by atoms with Gasteiger partial charge in [-0.25, -0.2) is 4.39 Å². The molecule has 1 aromatic carbocycles. The number of hydrogen-bond donors (Lipinski definition) is 2. The summed E-state index contributed by atoms with van der Waals surface area (Å²) in [6, 6.07) is 4.68. The minimum absolute atomic E-state index is 0.335. The maximum Gasteiger partial charge on any atom is 0.139 e. The lowest BCUT2D eigenvalue weighted by molar-refractivity contribution is 0.192. The Balaban J connectivity index is 2.71. The number of benzene rings is 1. The fraction of sp³-hybridized carbons (Fsp3) is 0.400. The molecule has 4 heteroatoms. The summed E-state index contributed by atoms with van der Waals surface area (Å²) in [6.45, 7) is 1.98. The topological polar surface area (TPSA) is 32.3 Å². The van der Waals surface area contributed by atoms with Gasteiger partial charge in [0.2, 0.25) is 0 Å². The monoisotopic (exact) mass is 261 g/mol. The normalized spacial score (nSPS) is 12.6. The van der Waals surface area contributed by atoms with Gasteiger partial charge in [-0.15, -0.1) is 0 Å². The predicted octanol–water partition coefficient (Wildman–Crippen LogP) is 3.12. The molecule has 0 radical (unpaired) electrons. The lowest BCUT2D eigenvalue weighted by Crippen LogP contribution is -2.18. The highest BCUT2D eigenvalue weighted by Gasteiger charge is 2.07. The van der Waals surface area contributed by atoms with Crippen molar-refractivity contribution in [2.75, 3.05) is 5.32 Å². The first-order valence-corrected chi connectivity index (χ1v) is 5.33. The number of aliphatic hydroxyl groups excluding tert-OH is 1. The van der Waals surface area contributed by atoms with Gasteiger partial charge in [0.15, 0.2) is 0 Å². The molecule has 78 valence electrons. The maximum absolute atomic E-state index is 13.0. The molecule has 0 aliphatic heterocycles. The van der Waals surface area contributed by atoms with Crippen LogP contribution < -0.4 is 5.32 Å². The fourth-order valence-electron chi connectivity index (χ4n) is 1.14. The lowest BCUT2D eigenvalue weighted by Gasteiger charge is -2.14. The molecule has 14 heavy (non-hydrogen) atoms. The lowest BCUT2D eigenvalue weighted by atomic mass is 10.2. The highest BCUT2D eigenvalue weighted by Crippen LogP contribution is 2.25. The zero-order chi connectivity index (χ0) is 10.6. The third-order valence-corrected chi connectivity index (χ3v) is 2.64. The molecular weight excluding hydrogens is 249 g/mol. The predicted molar refractivity (Wildman–Crippen MR) is 58.6 cm³/mol. The molecular formula is C10H13BrFNO. The van der Waals surface area contributed by atoms with E-state index in [2.05, 4.69) is 21.2 Å². The fourth-order valence-corrected chi connectivity index (χ4v) is 1.52. The Hall–Kier alpha value is -0.610. The van der Waals surface area contributed by atoms with E-state index in [9.17, 15) is 9.50 Å². The van der Waals surface area contributed by atoms with E-state index in [0.717, 1.165) is 6.42 Å². The van der Waals surface area contributed by atoms with Gasteiger partial charge in [-0.2, -0.15) is 0 Å². The smallest absolute Gasteiger partial charge is 0.139 e. The van der Waals surface area contributed by atoms with Gasteiger partial charge in [0, 0.05) is 0 Å². The van der Waals surface area contributed by atoms with Crippen molar-refractivity contribution in [2.45, 2.75) is 26.0 Å². The van der Waals surface area contributed by atoms with Gasteiger partial charge in [0.1, 0.15) is 12.0 Å². The summed E-state index contributed by atoms with van der Waals surface area (Å²) < 4.78 is 13.4. The van der Waals surface area contributed by atoms with Crippen LogP contribution in [-0.4, -0.2) is 11.3 Å². The first kappa shape index (κ1) is 11.5. The van der Waals surface area contributed by atoms with Crippen LogP contribution in [0.2, 0.25) is 0 Å². The van der Waals surface area contributed by atoms with Crippen LogP contribution in [0.3, 0.4) is 0 Å². The molecule has 1 aromatic rings. The van der Waals surface area contributed by atoms with Crippen LogP contribution in [0.15, 0.2) is 22.7 Å². The van der Waals surface area contributed by atoms with E-state index in [4.69, 9.17) is 0 Å². The Bertz CT molecular complexity index is 306. The average Bonchev–Trinajstić information content (AvgIpc) is 2.13. The molecule has 2 nitrogen and oxygen atoms in total. The van der Waals surface area contributed by atoms with Crippen molar-refractivity contribution in [3.63, 3.8) is 0 Å². The van der Waals surface area contributed by atoms with Crippen LogP contribution in [-0.2, 0) is 0 Å². The first-order chi connectivity index (χ1) is 6.65. The molecule has 0 saturated carbocycles. The van der Waals surface area contributed by atoms with Crippen molar-refractivity contribution in [2.24, 2.45) is 0 Å². The standard InChI is InChI=1S/C10H13BrFNO/c1-2-4-9(14)13-8-6-3-5-7(12)10(8)11/h3,5-6,9,13-14H,2,4H2,1H3. The van der Waals surface area contributed by atoms with Crippen LogP contribution in [0.25, 0.3) is 0 Å². The molecule has 0 aliphatic rings. The van der Waals surface area contributed by atoms with Crippen LogP contribution in [0, 0.1) is 5.82 Å². The van der Waals surface area contributed by atoms with Crippen molar-refractivity contribution < 1.29 is 9.50 Å². The van der Waals surface area contributed by atoms with Gasteiger partial charge >= 0.3 is 0 Å². The van der Waals surface area contributed by atoms with Crippen LogP contribution in [0.1, 0.15) is 19.8 Å². The molecule has 0 amide bonds. The van der Waals surface area contributed by atoms with Gasteiger partial charge in [-0.05, 0) is 34.5 Å². The maximum atomic E-state index is 13.0. The summed E-state index contributed by atoms with van der Waals surface area (Å²) in [5, 5.41) is 12.3. The molecule has 0 saturated heterocycles. The molecule has 0 bridgehead atoms. The molecule has 0 fully saturated rings. The molecule has 1 rings (SSSR count). The Kier molecular flexibility index (Phi) is 4.35. The third-order valence-electron chi connectivity index (χ3n) is 1.84. The molecule has 1 unspecified atom stereocenters. The van der Waals surface area contributed by atoms with Crippen molar-refractivity contribution >= 4 is 21.6 Å². The first-order valence-electron chi connectivity index (χ1n) is 4.53. The summed E-state index contributed by atoms with van der Waals surface area (Å²) in [5.41, 5.74) is 0.575. The SMILES string of the molecule is CCCC(O)Nc1cccc(F)c1Br. The molecule has 0 heterocycles. The zero-order valence-electron chi connectivity index (χ0n) is 7.93. The van der Waals surface area contributed by atoms with Crippen molar-refractivity contribution in [1.82, 2.24) is 0 Å². The van der Waals surface area contributed by atoms with E-state index in [1.54, 1.807) is 12.1 Å². The van der Waals surface area contributed by atoms with Crippen molar-refractivity contribution in [1.29, 1.82) is 0 Å². The van der Waals surface area contributed by atoms with E-state index < -0.39 is 6.23 Å². The molecule has 0 spiro atoms. The third kappa shape index (κ3) is 2.96. The van der Waals surface area contributed by atoms with Crippen molar-refractivity contribution in [3.8, 4) is 0 Å². The van der Waals surface area contributed by atoms with E-state index >= 15 is 0 Å². The molecule has 0 aliphatic carbocycles. The second-order valence-electron chi connectivity index (χ2n) is 3.05. The van der Waals surface area contributed by atoms with Crippen LogP contribution >= 0.6 is 15.9 Å². The largest absolute Gasteiger partial charge is 0.374 e. The number of hydrogen-bond acceptors (Lipinski definition) is 2. The Morgan fingerprint density at radius 1 is 1.57 bits per heavy atom. The number of anilines is 1. The van der Waals surface area contributed by atoms with Gasteiger partial charge in [0.05, 0.1) is 10.2 Å². The molecule has 2 N–H and O–H groups in total. The van der Waals surface area contributed by atoms with Gasteiger partial charge < -0.3 is 10.4 Å². The minimum atomic E-state index is -0.627. The molecule has 0 aromatic heterocycles. The summed E-state index contributed by atoms with van der Waals surface area (Å²) in [4.78, 5) is 0. The summed E-state index contributed by atoms with van der Waals surface area (Å²) in [5.74, 6) is -0.335. The second kappa shape index (κ2) is 5.32. The Morgan fingerprint density at radius 3 is 2.93 bits per heavy atom. The number of aliphatic hydroxyl groups is 1. The molecule has 1 atom stereocenters. The number of rotatable bonds is 4. The van der Waals surface area contributed by atoms with E-state index in [-0.39, 0.29) is 5.82 Å². The summed E-state index contributed by atoms with van der Waals surface area (Å²) in [7, 11) is 0. The zero-order valence-corrected chi connectivity index (χ0v) is 9.51. The summed E-state index contributed by atoms with van der Waals surface area (Å²) in [6.07, 6.45) is 0.891. The van der Waals surface area contributed by atoms with Crippen LogP contribution in [0.4, 0.5) is 10.1 Å². The van der Waals surface area contributed by atoms with Crippen LogP contribution in [0.5, 0.6) is 0 Å². The quantitative estimate of drug-likeness (QED) is 0.817. The number of nitrogens with one attached hydrogen (secondary N) is 1. The second-order valence-corrected chi connectivity index (χ2v) is 3.84. The highest BCUT2D eigenvalue weighted by molar-refractivity contribution is 9.10. The van der Waals surface area contributed by atoms with Gasteiger partial charge in [0.25, 0.3) is 0 Å². The minimum Gasteiger partial charge on any atom is -0.374 e. The average molecular weight is 262 g/mol. The van der Waals surface area contributed by atoms with Gasteiger partial charge in [-0.1, -0.05) is 19.4 Å². The van der Waals surface area contributed by atoms with Gasteiger partial charge in [-0.3, -0.25) is 0 Å². The van der Waals surface area contributed by atoms with Crippen molar-refractivity contribution in [3.05, 3.63) is 28.5 Å². The number of halogens is 2. The Morgan fingerprint density at radius 2 is 2.29 bits per heavy atom. The van der Waals surface area contributed by atoms with E-state index in [1.807, 2.05) is 6.92 Å². The van der Waals surface area contributed by atoms with E-state index in [1.165, 1.54) is 6.07 Å².